The molecule has 0 fully saturated rings. The Morgan fingerprint density at radius 3 is 2.75 bits per heavy atom. The molecule has 0 unspecified atom stereocenters. The van der Waals surface area contributed by atoms with Gasteiger partial charge in [-0.1, -0.05) is 11.6 Å². The van der Waals surface area contributed by atoms with Crippen molar-refractivity contribution < 1.29 is 4.92 Å². The van der Waals surface area contributed by atoms with Gasteiger partial charge in [0.25, 0.3) is 5.69 Å². The molecule has 106 valence electrons. The molecule has 0 radical (unpaired) electrons. The lowest BCUT2D eigenvalue weighted by Gasteiger charge is -2.19. The number of hydrogen-bond donors (Lipinski definition) is 2. The predicted octanol–water partition coefficient (Wildman–Crippen LogP) is 3.23. The number of nitrogens with zero attached hydrogens (tertiary/aromatic N) is 2. The minimum absolute atomic E-state index is 0.00786. The Morgan fingerprint density at radius 2 is 2.20 bits per heavy atom. The summed E-state index contributed by atoms with van der Waals surface area (Å²) in [5.41, 5.74) is 3.62. The lowest BCUT2D eigenvalue weighted by molar-refractivity contribution is -0.384. The smallest absolute Gasteiger partial charge is 0.273 e. The van der Waals surface area contributed by atoms with Crippen LogP contribution in [0.25, 0.3) is 0 Å². The van der Waals surface area contributed by atoms with Crippen molar-refractivity contribution in [3.8, 4) is 0 Å². The quantitative estimate of drug-likeness (QED) is 0.503. The van der Waals surface area contributed by atoms with Crippen molar-refractivity contribution in [1.82, 2.24) is 0 Å². The van der Waals surface area contributed by atoms with Crippen LogP contribution in [0.4, 0.5) is 17.1 Å². The minimum atomic E-state index is -0.444. The molecule has 0 bridgehead atoms. The van der Waals surface area contributed by atoms with Crippen LogP contribution >= 0.6 is 22.9 Å². The van der Waals surface area contributed by atoms with Crippen molar-refractivity contribution in [2.45, 2.75) is 6.54 Å². The highest BCUT2D eigenvalue weighted by molar-refractivity contribution is 7.16. The Hall–Kier alpha value is -1.83. The molecule has 2 rings (SSSR count). The van der Waals surface area contributed by atoms with E-state index in [1.165, 1.54) is 23.5 Å². The second-order valence-electron chi connectivity index (χ2n) is 4.20. The molecule has 0 amide bonds. The summed E-state index contributed by atoms with van der Waals surface area (Å²) < 4.78 is 0.719. The van der Waals surface area contributed by atoms with Gasteiger partial charge in [-0.15, -0.1) is 11.3 Å². The van der Waals surface area contributed by atoms with Crippen LogP contribution in [0.5, 0.6) is 0 Å². The number of hydrazine groups is 1. The van der Waals surface area contributed by atoms with E-state index in [1.54, 1.807) is 6.07 Å². The van der Waals surface area contributed by atoms with Gasteiger partial charge in [0, 0.05) is 29.7 Å². The number of hydrogen-bond acceptors (Lipinski definition) is 6. The molecule has 0 aliphatic carbocycles. The Balaban J connectivity index is 2.26. The molecule has 0 aliphatic rings. The number of nitro groups is 1. The second-order valence-corrected chi connectivity index (χ2v) is 6.00. The molecule has 3 N–H and O–H groups in total. The maximum atomic E-state index is 10.9. The lowest BCUT2D eigenvalue weighted by Crippen LogP contribution is -2.16. The molecule has 8 heteroatoms. The van der Waals surface area contributed by atoms with E-state index < -0.39 is 4.92 Å². The van der Waals surface area contributed by atoms with Crippen LogP contribution in [0, 0.1) is 10.1 Å². The molecule has 6 nitrogen and oxygen atoms in total. The first kappa shape index (κ1) is 14.6. The molecular formula is C12H13ClN4O2S. The average Bonchev–Trinajstić information content (AvgIpc) is 2.83. The fourth-order valence-corrected chi connectivity index (χ4v) is 2.91. The minimum Gasteiger partial charge on any atom is -0.369 e. The molecule has 0 saturated carbocycles. The van der Waals surface area contributed by atoms with Crippen molar-refractivity contribution >= 4 is 40.0 Å². The fraction of sp³-hybridized carbons (Fsp3) is 0.167. The number of rotatable bonds is 5. The van der Waals surface area contributed by atoms with Gasteiger partial charge in [-0.3, -0.25) is 16.0 Å². The number of nitrogen functional groups attached to an aromatic ring is 1. The van der Waals surface area contributed by atoms with E-state index in [0.717, 1.165) is 9.21 Å². The predicted molar refractivity (Wildman–Crippen MR) is 82.3 cm³/mol. The first-order valence-corrected chi connectivity index (χ1v) is 6.90. The molecule has 1 aromatic carbocycles. The highest BCUT2D eigenvalue weighted by Crippen LogP contribution is 2.28. The van der Waals surface area contributed by atoms with Gasteiger partial charge in [0.1, 0.15) is 0 Å². The van der Waals surface area contributed by atoms with Crippen LogP contribution in [0.15, 0.2) is 30.3 Å². The third-order valence-corrected chi connectivity index (χ3v) is 3.96. The van der Waals surface area contributed by atoms with Gasteiger partial charge in [-0.25, -0.2) is 0 Å². The maximum absolute atomic E-state index is 10.9. The first-order chi connectivity index (χ1) is 9.49. The van der Waals surface area contributed by atoms with Crippen molar-refractivity contribution in [2.24, 2.45) is 5.84 Å². The summed E-state index contributed by atoms with van der Waals surface area (Å²) in [7, 11) is 1.85. The highest BCUT2D eigenvalue weighted by atomic mass is 35.5. The van der Waals surface area contributed by atoms with Gasteiger partial charge in [0.05, 0.1) is 21.5 Å². The van der Waals surface area contributed by atoms with Crippen molar-refractivity contribution in [1.29, 1.82) is 0 Å². The summed E-state index contributed by atoms with van der Waals surface area (Å²) in [6.45, 7) is 0.614. The molecule has 20 heavy (non-hydrogen) atoms. The lowest BCUT2D eigenvalue weighted by atomic mass is 10.2. The van der Waals surface area contributed by atoms with E-state index in [0.29, 0.717) is 17.9 Å². The number of non-ortho nitro benzene ring substituents is 1. The van der Waals surface area contributed by atoms with Crippen molar-refractivity contribution in [3.63, 3.8) is 0 Å². The second kappa shape index (κ2) is 6.08. The normalized spacial score (nSPS) is 10.3. The monoisotopic (exact) mass is 312 g/mol. The zero-order valence-electron chi connectivity index (χ0n) is 10.7. The molecule has 0 spiro atoms. The summed E-state index contributed by atoms with van der Waals surface area (Å²) in [4.78, 5) is 13.4. The highest BCUT2D eigenvalue weighted by Gasteiger charge is 2.12. The van der Waals surface area contributed by atoms with E-state index in [1.807, 2.05) is 24.1 Å². The van der Waals surface area contributed by atoms with Crippen molar-refractivity contribution in [2.75, 3.05) is 17.4 Å². The van der Waals surface area contributed by atoms with E-state index in [9.17, 15) is 10.1 Å². The van der Waals surface area contributed by atoms with Gasteiger partial charge in [0.15, 0.2) is 0 Å². The van der Waals surface area contributed by atoms with Gasteiger partial charge >= 0.3 is 0 Å². The molecule has 0 atom stereocenters. The topological polar surface area (TPSA) is 84.4 Å². The first-order valence-electron chi connectivity index (χ1n) is 5.71. The van der Waals surface area contributed by atoms with E-state index in [-0.39, 0.29) is 5.69 Å². The maximum Gasteiger partial charge on any atom is 0.273 e. The summed E-state index contributed by atoms with van der Waals surface area (Å²) >= 11 is 7.37. The third-order valence-electron chi connectivity index (χ3n) is 2.74. The molecule has 1 aromatic heterocycles. The van der Waals surface area contributed by atoms with Gasteiger partial charge in [-0.05, 0) is 18.2 Å². The van der Waals surface area contributed by atoms with E-state index >= 15 is 0 Å². The summed E-state index contributed by atoms with van der Waals surface area (Å²) in [5, 5.41) is 10.9. The number of nitrogens with one attached hydrogen (secondary N) is 1. The van der Waals surface area contributed by atoms with E-state index in [2.05, 4.69) is 5.43 Å². The summed E-state index contributed by atoms with van der Waals surface area (Å²) in [5.74, 6) is 5.34. The average molecular weight is 313 g/mol. The third kappa shape index (κ3) is 3.38. The number of nitro benzene ring substituents is 1. The number of nitrogens with two attached hydrogens (primary N) is 1. The number of halogens is 1. The zero-order chi connectivity index (χ0) is 14.7. The summed E-state index contributed by atoms with van der Waals surface area (Å²) in [6, 6.07) is 8.41. The molecule has 2 aromatic rings. The van der Waals surface area contributed by atoms with E-state index in [4.69, 9.17) is 17.4 Å². The van der Waals surface area contributed by atoms with Gasteiger partial charge in [0.2, 0.25) is 0 Å². The van der Waals surface area contributed by atoms with Gasteiger partial charge < -0.3 is 10.3 Å². The summed E-state index contributed by atoms with van der Waals surface area (Å²) in [6.07, 6.45) is 0. The molecule has 0 aliphatic heterocycles. The molecule has 0 saturated heterocycles. The Morgan fingerprint density at radius 1 is 1.45 bits per heavy atom. The van der Waals surface area contributed by atoms with Crippen LogP contribution in [0.2, 0.25) is 4.34 Å². The van der Waals surface area contributed by atoms with Crippen LogP contribution in [0.3, 0.4) is 0 Å². The number of thiophene rings is 1. The Kier molecular flexibility index (Phi) is 4.43. The molecular weight excluding hydrogens is 300 g/mol. The standard InChI is InChI=1S/C12H13ClN4O2S/c1-16(7-11-2-3-12(13)20-11)9-4-8(15-14)5-10(6-9)17(18)19/h2-6,15H,7,14H2,1H3. The largest absolute Gasteiger partial charge is 0.369 e. The zero-order valence-corrected chi connectivity index (χ0v) is 12.2. The van der Waals surface area contributed by atoms with Crippen LogP contribution in [-0.2, 0) is 6.54 Å². The number of anilines is 2. The SMILES string of the molecule is CN(Cc1ccc(Cl)s1)c1cc(NN)cc([N+](=O)[O-])c1. The van der Waals surface area contributed by atoms with Crippen LogP contribution in [0.1, 0.15) is 4.88 Å². The van der Waals surface area contributed by atoms with Crippen molar-refractivity contribution in [3.05, 3.63) is 49.7 Å². The fourth-order valence-electron chi connectivity index (χ4n) is 1.77. The Labute approximate surface area is 124 Å². The van der Waals surface area contributed by atoms with Gasteiger partial charge in [-0.2, -0.15) is 0 Å². The Bertz CT molecular complexity index is 632. The molecule has 1 heterocycles. The number of benzene rings is 1. The van der Waals surface area contributed by atoms with Crippen LogP contribution in [-0.4, -0.2) is 12.0 Å². The van der Waals surface area contributed by atoms with Crippen LogP contribution < -0.4 is 16.2 Å².